The Balaban J connectivity index is 1.91. The SMILES string of the molecule is Nc1cc2ccccc2cc1C(=O)N1CCC(C(=O)O)C1. The molecule has 2 aromatic rings. The molecule has 0 spiro atoms. The summed E-state index contributed by atoms with van der Waals surface area (Å²) in [5.74, 6) is -1.52. The molecule has 21 heavy (non-hydrogen) atoms. The number of hydrogen-bond acceptors (Lipinski definition) is 3. The predicted octanol–water partition coefficient (Wildman–Crippen LogP) is 1.97. The fourth-order valence-electron chi connectivity index (χ4n) is 2.76. The highest BCUT2D eigenvalue weighted by Crippen LogP contribution is 2.25. The molecule has 2 aromatic carbocycles. The number of nitrogens with zero attached hydrogens (tertiary/aromatic N) is 1. The van der Waals surface area contributed by atoms with E-state index in [-0.39, 0.29) is 12.5 Å². The number of carboxylic acids is 1. The molecule has 0 bridgehead atoms. The van der Waals surface area contributed by atoms with Gasteiger partial charge in [0.05, 0.1) is 11.5 Å². The fourth-order valence-corrected chi connectivity index (χ4v) is 2.76. The monoisotopic (exact) mass is 284 g/mol. The number of likely N-dealkylation sites (tertiary alicyclic amines) is 1. The summed E-state index contributed by atoms with van der Waals surface area (Å²) in [6.45, 7) is 0.711. The second-order valence-corrected chi connectivity index (χ2v) is 5.36. The van der Waals surface area contributed by atoms with E-state index in [1.54, 1.807) is 17.0 Å². The third-order valence-corrected chi connectivity index (χ3v) is 3.97. The first kappa shape index (κ1) is 13.4. The molecule has 1 saturated heterocycles. The van der Waals surface area contributed by atoms with Gasteiger partial charge in [-0.05, 0) is 29.3 Å². The maximum Gasteiger partial charge on any atom is 0.308 e. The van der Waals surface area contributed by atoms with Crippen LogP contribution in [0.5, 0.6) is 0 Å². The van der Waals surface area contributed by atoms with Crippen molar-refractivity contribution in [1.82, 2.24) is 4.90 Å². The van der Waals surface area contributed by atoms with Crippen LogP contribution in [0.3, 0.4) is 0 Å². The standard InChI is InChI=1S/C16H16N2O3/c17-14-8-11-4-2-1-3-10(11)7-13(14)15(19)18-6-5-12(9-18)16(20)21/h1-4,7-8,12H,5-6,9,17H2,(H,20,21). The van der Waals surface area contributed by atoms with Crippen molar-refractivity contribution in [2.75, 3.05) is 18.8 Å². The number of anilines is 1. The second kappa shape index (κ2) is 5.09. The molecular formula is C16H16N2O3. The summed E-state index contributed by atoms with van der Waals surface area (Å²) in [6, 6.07) is 11.3. The zero-order chi connectivity index (χ0) is 15.0. The highest BCUT2D eigenvalue weighted by atomic mass is 16.4. The number of amides is 1. The summed E-state index contributed by atoms with van der Waals surface area (Å²) in [5.41, 5.74) is 6.86. The van der Waals surface area contributed by atoms with Crippen LogP contribution in [-0.2, 0) is 4.79 Å². The Kier molecular flexibility index (Phi) is 3.25. The van der Waals surface area contributed by atoms with Crippen molar-refractivity contribution in [1.29, 1.82) is 0 Å². The number of benzene rings is 2. The quantitative estimate of drug-likeness (QED) is 0.826. The predicted molar refractivity (Wildman–Crippen MR) is 80.0 cm³/mol. The van der Waals surface area contributed by atoms with Gasteiger partial charge in [-0.3, -0.25) is 9.59 Å². The lowest BCUT2D eigenvalue weighted by Gasteiger charge is -2.17. The Hall–Kier alpha value is -2.56. The number of carbonyl (C=O) groups excluding carboxylic acids is 1. The molecule has 3 rings (SSSR count). The molecule has 5 nitrogen and oxygen atoms in total. The minimum Gasteiger partial charge on any atom is -0.481 e. The highest BCUT2D eigenvalue weighted by molar-refractivity contribution is 6.04. The van der Waals surface area contributed by atoms with E-state index >= 15 is 0 Å². The topological polar surface area (TPSA) is 83.6 Å². The van der Waals surface area contributed by atoms with E-state index in [9.17, 15) is 9.59 Å². The van der Waals surface area contributed by atoms with Gasteiger partial charge < -0.3 is 15.7 Å². The van der Waals surface area contributed by atoms with Crippen molar-refractivity contribution >= 4 is 28.3 Å². The molecule has 1 atom stereocenters. The van der Waals surface area contributed by atoms with Crippen molar-refractivity contribution in [2.24, 2.45) is 5.92 Å². The van der Waals surface area contributed by atoms with Crippen LogP contribution in [0.4, 0.5) is 5.69 Å². The molecule has 1 amide bonds. The van der Waals surface area contributed by atoms with Crippen molar-refractivity contribution in [3.05, 3.63) is 42.0 Å². The number of rotatable bonds is 2. The molecular weight excluding hydrogens is 268 g/mol. The molecule has 1 unspecified atom stereocenters. The average molecular weight is 284 g/mol. The molecule has 0 aromatic heterocycles. The first-order valence-electron chi connectivity index (χ1n) is 6.86. The fraction of sp³-hybridized carbons (Fsp3) is 0.250. The van der Waals surface area contributed by atoms with Crippen LogP contribution in [-0.4, -0.2) is 35.0 Å². The van der Waals surface area contributed by atoms with Gasteiger partial charge >= 0.3 is 5.97 Å². The number of nitrogen functional groups attached to an aromatic ring is 1. The molecule has 3 N–H and O–H groups in total. The number of aliphatic carboxylic acids is 1. The van der Waals surface area contributed by atoms with E-state index in [1.807, 2.05) is 24.3 Å². The summed E-state index contributed by atoms with van der Waals surface area (Å²) in [4.78, 5) is 25.1. The summed E-state index contributed by atoms with van der Waals surface area (Å²) < 4.78 is 0. The van der Waals surface area contributed by atoms with E-state index in [0.29, 0.717) is 24.2 Å². The minimum atomic E-state index is -0.850. The van der Waals surface area contributed by atoms with Gasteiger partial charge in [-0.15, -0.1) is 0 Å². The molecule has 1 fully saturated rings. The number of carbonyl (C=O) groups is 2. The van der Waals surface area contributed by atoms with Crippen LogP contribution >= 0.6 is 0 Å². The normalized spacial score (nSPS) is 18.1. The van der Waals surface area contributed by atoms with Crippen molar-refractivity contribution < 1.29 is 14.7 Å². The van der Waals surface area contributed by atoms with Crippen LogP contribution in [0.15, 0.2) is 36.4 Å². The van der Waals surface area contributed by atoms with Crippen molar-refractivity contribution in [3.63, 3.8) is 0 Å². The molecule has 0 radical (unpaired) electrons. The van der Waals surface area contributed by atoms with Crippen LogP contribution in [0.1, 0.15) is 16.8 Å². The third-order valence-electron chi connectivity index (χ3n) is 3.97. The van der Waals surface area contributed by atoms with Gasteiger partial charge in [-0.2, -0.15) is 0 Å². The lowest BCUT2D eigenvalue weighted by atomic mass is 10.0. The largest absolute Gasteiger partial charge is 0.481 e. The molecule has 1 aliphatic heterocycles. The highest BCUT2D eigenvalue weighted by Gasteiger charge is 2.31. The average Bonchev–Trinajstić information content (AvgIpc) is 2.96. The number of fused-ring (bicyclic) bond motifs is 1. The Labute approximate surface area is 122 Å². The van der Waals surface area contributed by atoms with Gasteiger partial charge in [0.15, 0.2) is 0 Å². The Morgan fingerprint density at radius 1 is 1.19 bits per heavy atom. The number of hydrogen-bond donors (Lipinski definition) is 2. The van der Waals surface area contributed by atoms with E-state index in [0.717, 1.165) is 10.8 Å². The minimum absolute atomic E-state index is 0.193. The van der Waals surface area contributed by atoms with E-state index in [1.165, 1.54) is 0 Å². The van der Waals surface area contributed by atoms with Crippen LogP contribution in [0.25, 0.3) is 10.8 Å². The van der Waals surface area contributed by atoms with Gasteiger partial charge in [-0.1, -0.05) is 24.3 Å². The maximum atomic E-state index is 12.5. The first-order chi connectivity index (χ1) is 10.1. The Bertz CT molecular complexity index is 727. The second-order valence-electron chi connectivity index (χ2n) is 5.36. The molecule has 1 aliphatic rings. The van der Waals surface area contributed by atoms with Gasteiger partial charge in [-0.25, -0.2) is 0 Å². The first-order valence-corrected chi connectivity index (χ1v) is 6.86. The molecule has 1 heterocycles. The Morgan fingerprint density at radius 2 is 1.86 bits per heavy atom. The Morgan fingerprint density at radius 3 is 2.48 bits per heavy atom. The molecule has 108 valence electrons. The van der Waals surface area contributed by atoms with Gasteiger partial charge in [0, 0.05) is 18.8 Å². The van der Waals surface area contributed by atoms with Crippen molar-refractivity contribution in [2.45, 2.75) is 6.42 Å². The molecule has 5 heteroatoms. The summed E-state index contributed by atoms with van der Waals surface area (Å²) in [7, 11) is 0. The summed E-state index contributed by atoms with van der Waals surface area (Å²) >= 11 is 0. The zero-order valence-corrected chi connectivity index (χ0v) is 11.5. The molecule has 0 aliphatic carbocycles. The number of nitrogens with two attached hydrogens (primary N) is 1. The smallest absolute Gasteiger partial charge is 0.308 e. The van der Waals surface area contributed by atoms with Gasteiger partial charge in [0.2, 0.25) is 0 Å². The third kappa shape index (κ3) is 2.42. The van der Waals surface area contributed by atoms with Crippen LogP contribution < -0.4 is 5.73 Å². The van der Waals surface area contributed by atoms with Gasteiger partial charge in [0.25, 0.3) is 5.91 Å². The van der Waals surface area contributed by atoms with Gasteiger partial charge in [0.1, 0.15) is 0 Å². The lowest BCUT2D eigenvalue weighted by molar-refractivity contribution is -0.141. The van der Waals surface area contributed by atoms with E-state index in [2.05, 4.69) is 0 Å². The summed E-state index contributed by atoms with van der Waals surface area (Å²) in [6.07, 6.45) is 0.495. The molecule has 0 saturated carbocycles. The van der Waals surface area contributed by atoms with Crippen LogP contribution in [0.2, 0.25) is 0 Å². The lowest BCUT2D eigenvalue weighted by Crippen LogP contribution is -2.30. The van der Waals surface area contributed by atoms with E-state index in [4.69, 9.17) is 10.8 Å². The zero-order valence-electron chi connectivity index (χ0n) is 11.5. The maximum absolute atomic E-state index is 12.5. The van der Waals surface area contributed by atoms with E-state index < -0.39 is 11.9 Å². The van der Waals surface area contributed by atoms with Crippen LogP contribution in [0, 0.1) is 5.92 Å². The number of carboxylic acid groups (broad SMARTS) is 1. The summed E-state index contributed by atoms with van der Waals surface area (Å²) in [5, 5.41) is 10.9. The van der Waals surface area contributed by atoms with Crippen molar-refractivity contribution in [3.8, 4) is 0 Å².